The quantitative estimate of drug-likeness (QED) is 0.120. The van der Waals surface area contributed by atoms with Crippen molar-refractivity contribution in [3.63, 3.8) is 0 Å². The second-order valence-corrected chi connectivity index (χ2v) is 13.9. The number of H-pyrrole nitrogens is 1. The van der Waals surface area contributed by atoms with Gasteiger partial charge >= 0.3 is 12.1 Å². The van der Waals surface area contributed by atoms with Crippen LogP contribution in [0.2, 0.25) is 0 Å². The van der Waals surface area contributed by atoms with Gasteiger partial charge in [0, 0.05) is 0 Å². The number of rotatable bonds is 13. The van der Waals surface area contributed by atoms with Gasteiger partial charge in [0.2, 0.25) is 11.9 Å². The van der Waals surface area contributed by atoms with Crippen molar-refractivity contribution in [3.8, 4) is 0 Å². The van der Waals surface area contributed by atoms with Gasteiger partial charge in [0.05, 0.1) is 47.8 Å². The number of imidazole rings is 1. The Morgan fingerprint density at radius 3 is 2.46 bits per heavy atom. The monoisotopic (exact) mass is 659 g/mol. The third kappa shape index (κ3) is 9.72. The zero-order valence-corrected chi connectivity index (χ0v) is 27.1. The number of amides is 2. The van der Waals surface area contributed by atoms with Crippen LogP contribution >= 0.6 is 0 Å². The van der Waals surface area contributed by atoms with Crippen LogP contribution in [-0.2, 0) is 40.3 Å². The molecule has 2 aromatic carbocycles. The molecular weight excluding hydrogens is 618 g/mol. The fraction of sp³-hybridized carbons (Fsp3) is 0.484. The SMILES string of the molecule is COC(=O)CC(=O)Nc1nc2ccc(S(=O)(=O)N(C[C@@H](O)[C@H](Cc3ccccc3)NC(=O)OC(C)(C)C)OC3CCCC3)cc2[nH]1. The number of carbonyl (C=O) groups is 3. The number of hydrogen-bond acceptors (Lipinski definition) is 10. The van der Waals surface area contributed by atoms with Gasteiger partial charge in [-0.1, -0.05) is 47.6 Å². The molecule has 46 heavy (non-hydrogen) atoms. The number of alkyl carbamates (subject to hydrolysis) is 1. The maximum Gasteiger partial charge on any atom is 0.407 e. The molecule has 4 N–H and O–H groups in total. The Bertz CT molecular complexity index is 1620. The molecule has 2 amide bonds. The molecule has 0 aliphatic heterocycles. The number of nitrogens with zero attached hydrogens (tertiary/aromatic N) is 2. The third-order valence-electron chi connectivity index (χ3n) is 7.18. The first-order valence-corrected chi connectivity index (χ1v) is 16.4. The van der Waals surface area contributed by atoms with E-state index in [9.17, 15) is 27.9 Å². The lowest BCUT2D eigenvalue weighted by molar-refractivity contribution is -0.145. The van der Waals surface area contributed by atoms with Gasteiger partial charge < -0.3 is 24.9 Å². The number of aromatic amines is 1. The van der Waals surface area contributed by atoms with E-state index in [2.05, 4.69) is 25.3 Å². The highest BCUT2D eigenvalue weighted by Crippen LogP contribution is 2.28. The average molecular weight is 660 g/mol. The molecule has 250 valence electrons. The van der Waals surface area contributed by atoms with Crippen LogP contribution in [0.15, 0.2) is 53.4 Å². The predicted molar refractivity (Wildman–Crippen MR) is 168 cm³/mol. The van der Waals surface area contributed by atoms with Gasteiger partial charge in [-0.25, -0.2) is 18.2 Å². The molecule has 2 atom stereocenters. The number of aromatic nitrogens is 2. The van der Waals surface area contributed by atoms with Crippen LogP contribution in [-0.4, -0.2) is 83.4 Å². The van der Waals surface area contributed by atoms with Crippen LogP contribution in [0, 0.1) is 0 Å². The first-order chi connectivity index (χ1) is 21.7. The van der Waals surface area contributed by atoms with Crippen LogP contribution in [0.3, 0.4) is 0 Å². The van der Waals surface area contributed by atoms with Crippen LogP contribution in [0.1, 0.15) is 58.4 Å². The molecule has 1 aromatic heterocycles. The number of methoxy groups -OCH3 is 1. The number of benzene rings is 2. The number of ether oxygens (including phenoxy) is 2. The number of nitrogens with one attached hydrogen (secondary N) is 3. The topological polar surface area (TPSA) is 189 Å². The highest BCUT2D eigenvalue weighted by molar-refractivity contribution is 7.89. The smallest absolute Gasteiger partial charge is 0.407 e. The highest BCUT2D eigenvalue weighted by Gasteiger charge is 2.35. The van der Waals surface area contributed by atoms with E-state index in [4.69, 9.17) is 9.57 Å². The van der Waals surface area contributed by atoms with Crippen molar-refractivity contribution in [1.82, 2.24) is 19.8 Å². The summed E-state index contributed by atoms with van der Waals surface area (Å²) in [6.45, 7) is 4.67. The maximum absolute atomic E-state index is 14.1. The van der Waals surface area contributed by atoms with Gasteiger partial charge in [-0.05, 0) is 63.8 Å². The number of hydroxylamine groups is 1. The van der Waals surface area contributed by atoms with E-state index >= 15 is 0 Å². The number of sulfonamides is 1. The first-order valence-electron chi connectivity index (χ1n) is 15.0. The minimum atomic E-state index is -4.36. The summed E-state index contributed by atoms with van der Waals surface area (Å²) in [4.78, 5) is 49.2. The Balaban J connectivity index is 1.59. The largest absolute Gasteiger partial charge is 0.469 e. The summed E-state index contributed by atoms with van der Waals surface area (Å²) < 4.78 is 38.8. The summed E-state index contributed by atoms with van der Waals surface area (Å²) in [5.74, 6) is -1.36. The molecule has 0 bridgehead atoms. The number of carbonyl (C=O) groups excluding carboxylic acids is 3. The van der Waals surface area contributed by atoms with Gasteiger partial charge in [-0.15, -0.1) is 0 Å². The Hall–Kier alpha value is -4.05. The van der Waals surface area contributed by atoms with Crippen LogP contribution < -0.4 is 10.6 Å². The lowest BCUT2D eigenvalue weighted by Crippen LogP contribution is -2.51. The molecular formula is C31H41N5O9S. The number of anilines is 1. The van der Waals surface area contributed by atoms with Crippen molar-refractivity contribution in [3.05, 3.63) is 54.1 Å². The lowest BCUT2D eigenvalue weighted by atomic mass is 10.0. The Morgan fingerprint density at radius 1 is 1.11 bits per heavy atom. The summed E-state index contributed by atoms with van der Waals surface area (Å²) in [7, 11) is -3.20. The molecule has 14 nitrogen and oxygen atoms in total. The molecule has 0 saturated heterocycles. The Kier molecular flexibility index (Phi) is 11.4. The fourth-order valence-electron chi connectivity index (χ4n) is 4.95. The third-order valence-corrected chi connectivity index (χ3v) is 8.80. The van der Waals surface area contributed by atoms with E-state index in [-0.39, 0.29) is 23.4 Å². The molecule has 1 aliphatic rings. The number of fused-ring (bicyclic) bond motifs is 1. The summed E-state index contributed by atoms with van der Waals surface area (Å²) in [6.07, 6.45) is 0.223. The average Bonchev–Trinajstić information content (AvgIpc) is 3.64. The van der Waals surface area contributed by atoms with Crippen LogP contribution in [0.5, 0.6) is 0 Å². The highest BCUT2D eigenvalue weighted by atomic mass is 32.2. The zero-order valence-electron chi connectivity index (χ0n) is 26.3. The number of esters is 1. The number of hydrogen-bond donors (Lipinski definition) is 4. The van der Waals surface area contributed by atoms with Gasteiger partial charge in [0.15, 0.2) is 0 Å². The van der Waals surface area contributed by atoms with Crippen molar-refractivity contribution in [1.29, 1.82) is 0 Å². The lowest BCUT2D eigenvalue weighted by Gasteiger charge is -2.31. The van der Waals surface area contributed by atoms with Crippen molar-refractivity contribution in [2.24, 2.45) is 0 Å². The molecule has 3 aromatic rings. The first kappa shape index (κ1) is 34.8. The molecule has 1 fully saturated rings. The van der Waals surface area contributed by atoms with Crippen LogP contribution in [0.25, 0.3) is 11.0 Å². The van der Waals surface area contributed by atoms with E-state index in [1.807, 2.05) is 30.3 Å². The van der Waals surface area contributed by atoms with Crippen molar-refractivity contribution >= 4 is 45.0 Å². The molecule has 1 saturated carbocycles. The maximum atomic E-state index is 14.1. The standard InChI is InChI=1S/C31H41N5O9S/c1-31(2,3)44-30(40)34-25(16-20-10-6-5-7-11-20)26(37)19-36(45-21-12-8-9-13-21)46(41,42)22-14-15-23-24(17-22)33-29(32-23)35-27(38)18-28(39)43-4/h5-7,10-11,14-15,17,21,25-26,37H,8-9,12-13,16,18-19H2,1-4H3,(H,34,40)(H2,32,33,35,38)/t25-,26+/m0/s1. The van der Waals surface area contributed by atoms with Crippen molar-refractivity contribution in [2.75, 3.05) is 19.0 Å². The molecule has 1 heterocycles. The minimum Gasteiger partial charge on any atom is -0.469 e. The number of aliphatic hydroxyl groups is 1. The van der Waals surface area contributed by atoms with Crippen LogP contribution in [0.4, 0.5) is 10.7 Å². The summed E-state index contributed by atoms with van der Waals surface area (Å²) in [5, 5.41) is 16.6. The van der Waals surface area contributed by atoms with E-state index in [1.54, 1.807) is 20.8 Å². The molecule has 15 heteroatoms. The van der Waals surface area contributed by atoms with E-state index in [0.29, 0.717) is 23.9 Å². The van der Waals surface area contributed by atoms with Gasteiger partial charge in [-0.3, -0.25) is 19.7 Å². The number of aliphatic hydroxyl groups excluding tert-OH is 1. The summed E-state index contributed by atoms with van der Waals surface area (Å²) in [6, 6.07) is 12.4. The van der Waals surface area contributed by atoms with Gasteiger partial charge in [-0.2, -0.15) is 0 Å². The van der Waals surface area contributed by atoms with Crippen molar-refractivity contribution < 1.29 is 42.2 Å². The normalized spacial score (nSPS) is 15.4. The Morgan fingerprint density at radius 2 is 1.80 bits per heavy atom. The zero-order chi connectivity index (χ0) is 33.5. The van der Waals surface area contributed by atoms with E-state index in [0.717, 1.165) is 22.9 Å². The molecule has 0 spiro atoms. The minimum absolute atomic E-state index is 0.0184. The molecule has 0 radical (unpaired) electrons. The molecule has 0 unspecified atom stereocenters. The summed E-state index contributed by atoms with van der Waals surface area (Å²) >= 11 is 0. The second kappa shape index (κ2) is 15.0. The van der Waals surface area contributed by atoms with Crippen molar-refractivity contribution in [2.45, 2.75) is 88.0 Å². The second-order valence-electron chi connectivity index (χ2n) is 12.1. The van der Waals surface area contributed by atoms with Gasteiger partial charge in [0.25, 0.3) is 10.0 Å². The van der Waals surface area contributed by atoms with E-state index in [1.165, 1.54) is 25.3 Å². The molecule has 1 aliphatic carbocycles. The van der Waals surface area contributed by atoms with Gasteiger partial charge in [0.1, 0.15) is 12.0 Å². The predicted octanol–water partition coefficient (Wildman–Crippen LogP) is 3.43. The fourth-order valence-corrected chi connectivity index (χ4v) is 6.28. The van der Waals surface area contributed by atoms with E-state index < -0.39 is 58.7 Å². The Labute approximate surface area is 267 Å². The molecule has 4 rings (SSSR count). The summed E-state index contributed by atoms with van der Waals surface area (Å²) in [5.41, 5.74) is 0.681.